The molecular formula is C10H11BO4. The van der Waals surface area contributed by atoms with Crippen molar-refractivity contribution in [1.82, 2.24) is 0 Å². The Kier molecular flexibility index (Phi) is 2.75. The predicted octanol–water partition coefficient (Wildman–Crippen LogP) is 0.435. The maximum absolute atomic E-state index is 10.7. The molecule has 15 heavy (non-hydrogen) atoms. The van der Waals surface area contributed by atoms with Crippen molar-refractivity contribution in [1.29, 1.82) is 0 Å². The van der Waals surface area contributed by atoms with Gasteiger partial charge in [-0.25, -0.2) is 4.79 Å². The summed E-state index contributed by atoms with van der Waals surface area (Å²) in [7, 11) is -0.340. The zero-order valence-electron chi connectivity index (χ0n) is 8.40. The van der Waals surface area contributed by atoms with E-state index in [-0.39, 0.29) is 12.7 Å². The molecule has 0 amide bonds. The lowest BCUT2D eigenvalue weighted by Crippen LogP contribution is -2.33. The van der Waals surface area contributed by atoms with E-state index in [0.717, 1.165) is 11.0 Å². The highest BCUT2D eigenvalue weighted by atomic mass is 16.6. The number of hydrogen-bond donors (Lipinski definition) is 1. The largest absolute Gasteiger partial charge is 0.494 e. The van der Waals surface area contributed by atoms with Crippen molar-refractivity contribution in [3.05, 3.63) is 29.3 Å². The van der Waals surface area contributed by atoms with Gasteiger partial charge in [0.15, 0.2) is 0 Å². The van der Waals surface area contributed by atoms with Crippen LogP contribution in [0.25, 0.3) is 0 Å². The van der Waals surface area contributed by atoms with E-state index in [1.54, 1.807) is 18.2 Å². The fourth-order valence-corrected chi connectivity index (χ4v) is 1.61. The van der Waals surface area contributed by atoms with Crippen molar-refractivity contribution in [3.63, 3.8) is 0 Å². The lowest BCUT2D eigenvalue weighted by molar-refractivity contribution is 0.0697. The molecule has 1 saturated heterocycles. The smallest absolute Gasteiger partial charge is 0.478 e. The van der Waals surface area contributed by atoms with Crippen molar-refractivity contribution in [3.8, 4) is 0 Å². The normalized spacial score (nSPS) is 15.7. The first-order valence-corrected chi connectivity index (χ1v) is 4.75. The molecular weight excluding hydrogens is 195 g/mol. The molecule has 4 nitrogen and oxygen atoms in total. The summed E-state index contributed by atoms with van der Waals surface area (Å²) in [6.45, 7) is 3.03. The summed E-state index contributed by atoms with van der Waals surface area (Å²) in [5.74, 6) is -0.919. The standard InChI is InChI=1S/C10H11BO4/c1-7-6-8(10(12)13)2-3-9(7)11-14-4-5-15-11/h2-3,6H,4-5H2,1H3,(H,12,13). The van der Waals surface area contributed by atoms with Crippen LogP contribution in [0.5, 0.6) is 0 Å². The van der Waals surface area contributed by atoms with Gasteiger partial charge in [-0.1, -0.05) is 11.6 Å². The first kappa shape index (κ1) is 10.2. The van der Waals surface area contributed by atoms with E-state index >= 15 is 0 Å². The van der Waals surface area contributed by atoms with Crippen LogP contribution in [0.4, 0.5) is 0 Å². The van der Waals surface area contributed by atoms with Crippen molar-refractivity contribution in [2.24, 2.45) is 0 Å². The second kappa shape index (κ2) is 4.04. The van der Waals surface area contributed by atoms with E-state index in [0.29, 0.717) is 13.2 Å². The third kappa shape index (κ3) is 2.03. The van der Waals surface area contributed by atoms with E-state index in [9.17, 15) is 4.79 Å². The quantitative estimate of drug-likeness (QED) is 0.713. The summed E-state index contributed by atoms with van der Waals surface area (Å²) < 4.78 is 10.7. The Morgan fingerprint density at radius 1 is 1.40 bits per heavy atom. The molecule has 1 aliphatic rings. The second-order valence-electron chi connectivity index (χ2n) is 3.45. The zero-order chi connectivity index (χ0) is 10.8. The van der Waals surface area contributed by atoms with Crippen LogP contribution in [0, 0.1) is 6.92 Å². The van der Waals surface area contributed by atoms with E-state index in [1.807, 2.05) is 6.92 Å². The van der Waals surface area contributed by atoms with Crippen LogP contribution in [0.15, 0.2) is 18.2 Å². The highest BCUT2D eigenvalue weighted by Gasteiger charge is 2.27. The number of carboxylic acids is 1. The van der Waals surface area contributed by atoms with E-state index in [2.05, 4.69) is 0 Å². The van der Waals surface area contributed by atoms with E-state index in [4.69, 9.17) is 14.4 Å². The van der Waals surface area contributed by atoms with Gasteiger partial charge in [0.1, 0.15) is 0 Å². The highest BCUT2D eigenvalue weighted by Crippen LogP contribution is 2.07. The number of benzene rings is 1. The number of carboxylic acid groups (broad SMARTS) is 1. The van der Waals surface area contributed by atoms with Gasteiger partial charge in [0.05, 0.1) is 18.8 Å². The Morgan fingerprint density at radius 3 is 2.60 bits per heavy atom. The first-order valence-electron chi connectivity index (χ1n) is 4.75. The Labute approximate surface area is 88.0 Å². The number of rotatable bonds is 2. The molecule has 1 fully saturated rings. The minimum atomic E-state index is -0.919. The van der Waals surface area contributed by atoms with Crippen molar-refractivity contribution in [2.75, 3.05) is 13.2 Å². The van der Waals surface area contributed by atoms with Crippen molar-refractivity contribution in [2.45, 2.75) is 6.92 Å². The fourth-order valence-electron chi connectivity index (χ4n) is 1.61. The predicted molar refractivity (Wildman–Crippen MR) is 55.4 cm³/mol. The molecule has 0 unspecified atom stereocenters. The molecule has 1 aromatic carbocycles. The summed E-state index contributed by atoms with van der Waals surface area (Å²) >= 11 is 0. The molecule has 2 rings (SSSR count). The molecule has 0 saturated carbocycles. The summed E-state index contributed by atoms with van der Waals surface area (Å²) in [6.07, 6.45) is 0. The van der Waals surface area contributed by atoms with E-state index < -0.39 is 5.97 Å². The molecule has 1 aliphatic heterocycles. The molecule has 0 radical (unpaired) electrons. The fraction of sp³-hybridized carbons (Fsp3) is 0.300. The molecule has 0 aromatic heterocycles. The maximum atomic E-state index is 10.7. The summed E-state index contributed by atoms with van der Waals surface area (Å²) in [5.41, 5.74) is 2.06. The van der Waals surface area contributed by atoms with Gasteiger partial charge < -0.3 is 14.4 Å². The van der Waals surface area contributed by atoms with Crippen LogP contribution < -0.4 is 5.46 Å². The molecule has 0 bridgehead atoms. The van der Waals surface area contributed by atoms with Crippen molar-refractivity contribution >= 4 is 18.6 Å². The third-order valence-corrected chi connectivity index (χ3v) is 2.39. The number of aryl methyl sites for hydroxylation is 1. The Bertz CT molecular complexity index is 385. The van der Waals surface area contributed by atoms with Gasteiger partial charge in [-0.2, -0.15) is 0 Å². The average molecular weight is 206 g/mol. The number of aromatic carboxylic acids is 1. The molecule has 0 atom stereocenters. The zero-order valence-corrected chi connectivity index (χ0v) is 8.40. The van der Waals surface area contributed by atoms with Gasteiger partial charge in [0.2, 0.25) is 0 Å². The van der Waals surface area contributed by atoms with Gasteiger partial charge in [0.25, 0.3) is 0 Å². The minimum Gasteiger partial charge on any atom is -0.478 e. The average Bonchev–Trinajstić information content (AvgIpc) is 2.70. The highest BCUT2D eigenvalue weighted by molar-refractivity contribution is 6.62. The monoisotopic (exact) mass is 206 g/mol. The van der Waals surface area contributed by atoms with Crippen LogP contribution >= 0.6 is 0 Å². The van der Waals surface area contributed by atoms with Crippen LogP contribution in [-0.2, 0) is 9.31 Å². The molecule has 5 heteroatoms. The van der Waals surface area contributed by atoms with Gasteiger partial charge >= 0.3 is 13.1 Å². The van der Waals surface area contributed by atoms with Crippen LogP contribution in [-0.4, -0.2) is 31.4 Å². The molecule has 1 heterocycles. The molecule has 78 valence electrons. The molecule has 0 aliphatic carbocycles. The SMILES string of the molecule is Cc1cc(C(=O)O)ccc1B1OCCO1. The van der Waals surface area contributed by atoms with Gasteiger partial charge in [-0.05, 0) is 24.5 Å². The van der Waals surface area contributed by atoms with Crippen LogP contribution in [0.3, 0.4) is 0 Å². The van der Waals surface area contributed by atoms with Crippen LogP contribution in [0.1, 0.15) is 15.9 Å². The first-order chi connectivity index (χ1) is 7.18. The van der Waals surface area contributed by atoms with Gasteiger partial charge in [-0.3, -0.25) is 0 Å². The molecule has 1 aromatic rings. The molecule has 0 spiro atoms. The number of hydrogen-bond acceptors (Lipinski definition) is 3. The Hall–Kier alpha value is -1.33. The number of carbonyl (C=O) groups is 1. The minimum absolute atomic E-state index is 0.286. The van der Waals surface area contributed by atoms with Crippen LogP contribution in [0.2, 0.25) is 0 Å². The van der Waals surface area contributed by atoms with E-state index in [1.165, 1.54) is 0 Å². The van der Waals surface area contributed by atoms with Gasteiger partial charge in [-0.15, -0.1) is 0 Å². The summed E-state index contributed by atoms with van der Waals surface area (Å²) in [6, 6.07) is 4.94. The lowest BCUT2D eigenvalue weighted by Gasteiger charge is -2.08. The van der Waals surface area contributed by atoms with Crippen molar-refractivity contribution < 1.29 is 19.2 Å². The van der Waals surface area contributed by atoms with Gasteiger partial charge in [0, 0.05) is 0 Å². The second-order valence-corrected chi connectivity index (χ2v) is 3.45. The molecule has 1 N–H and O–H groups in total. The summed E-state index contributed by atoms with van der Waals surface area (Å²) in [4.78, 5) is 10.7. The third-order valence-electron chi connectivity index (χ3n) is 2.39. The Balaban J connectivity index is 2.29. The summed E-state index contributed by atoms with van der Waals surface area (Å²) in [5, 5.41) is 8.80. The lowest BCUT2D eigenvalue weighted by atomic mass is 9.76. The Morgan fingerprint density at radius 2 is 2.07 bits per heavy atom. The topological polar surface area (TPSA) is 55.8 Å². The maximum Gasteiger partial charge on any atom is 0.494 e.